The number of halogens is 2. The van der Waals surface area contributed by atoms with Gasteiger partial charge in [-0.2, -0.15) is 0 Å². The van der Waals surface area contributed by atoms with Crippen LogP contribution in [0.2, 0.25) is 5.02 Å². The molecule has 3 rings (SSSR count). The van der Waals surface area contributed by atoms with Gasteiger partial charge in [0.1, 0.15) is 18.2 Å². The summed E-state index contributed by atoms with van der Waals surface area (Å²) in [5, 5.41) is 2.77. The van der Waals surface area contributed by atoms with Gasteiger partial charge in [0.25, 0.3) is 11.8 Å². The van der Waals surface area contributed by atoms with E-state index in [0.29, 0.717) is 30.0 Å². The number of likely N-dealkylation sites (tertiary alicyclic amines) is 1. The molecule has 2 aromatic carbocycles. The van der Waals surface area contributed by atoms with Crippen LogP contribution in [0.15, 0.2) is 42.5 Å². The standard InChI is InChI=1S/C22H24ClFN2O3/c1-14(2)25-21(27)15-5-8-18(9-6-15)29-13-17-4-3-11-26(17)22(28)16-7-10-20(24)19(23)12-16/h5-10,12,14,17H,3-4,11,13H2,1-2H3,(H,25,27). The van der Waals surface area contributed by atoms with E-state index in [0.717, 1.165) is 12.8 Å². The van der Waals surface area contributed by atoms with Crippen molar-refractivity contribution in [1.29, 1.82) is 0 Å². The highest BCUT2D eigenvalue weighted by Crippen LogP contribution is 2.24. The molecule has 5 nitrogen and oxygen atoms in total. The third-order valence-corrected chi connectivity index (χ3v) is 5.07. The van der Waals surface area contributed by atoms with Gasteiger partial charge in [0, 0.05) is 23.7 Å². The van der Waals surface area contributed by atoms with Crippen LogP contribution in [-0.2, 0) is 0 Å². The van der Waals surface area contributed by atoms with Crippen LogP contribution in [0, 0.1) is 5.82 Å². The summed E-state index contributed by atoms with van der Waals surface area (Å²) in [6, 6.07) is 10.9. The summed E-state index contributed by atoms with van der Waals surface area (Å²) in [5.74, 6) is -0.221. The zero-order valence-corrected chi connectivity index (χ0v) is 17.2. The Morgan fingerprint density at radius 3 is 2.55 bits per heavy atom. The fourth-order valence-electron chi connectivity index (χ4n) is 3.31. The zero-order chi connectivity index (χ0) is 21.0. The van der Waals surface area contributed by atoms with Crippen molar-refractivity contribution < 1.29 is 18.7 Å². The molecule has 2 aromatic rings. The van der Waals surface area contributed by atoms with E-state index in [1.54, 1.807) is 29.2 Å². The van der Waals surface area contributed by atoms with Crippen molar-refractivity contribution in [3.63, 3.8) is 0 Å². The number of rotatable bonds is 6. The quantitative estimate of drug-likeness (QED) is 0.760. The Kier molecular flexibility index (Phi) is 6.75. The van der Waals surface area contributed by atoms with Crippen molar-refractivity contribution in [1.82, 2.24) is 10.2 Å². The number of ether oxygens (including phenoxy) is 1. The van der Waals surface area contributed by atoms with E-state index in [2.05, 4.69) is 5.32 Å². The molecule has 0 spiro atoms. The van der Waals surface area contributed by atoms with Crippen molar-refractivity contribution >= 4 is 23.4 Å². The van der Waals surface area contributed by atoms with E-state index in [9.17, 15) is 14.0 Å². The first-order chi connectivity index (χ1) is 13.8. The zero-order valence-electron chi connectivity index (χ0n) is 16.5. The number of benzene rings is 2. The molecular formula is C22H24ClFN2O3. The smallest absolute Gasteiger partial charge is 0.254 e. The van der Waals surface area contributed by atoms with E-state index >= 15 is 0 Å². The number of carbonyl (C=O) groups excluding carboxylic acids is 2. The largest absolute Gasteiger partial charge is 0.491 e. The summed E-state index contributed by atoms with van der Waals surface area (Å²) in [7, 11) is 0. The van der Waals surface area contributed by atoms with Crippen molar-refractivity contribution in [2.45, 2.75) is 38.8 Å². The first-order valence-electron chi connectivity index (χ1n) is 9.65. The van der Waals surface area contributed by atoms with Gasteiger partial charge in [-0.3, -0.25) is 9.59 Å². The maximum atomic E-state index is 13.4. The van der Waals surface area contributed by atoms with Crippen LogP contribution in [-0.4, -0.2) is 41.9 Å². The van der Waals surface area contributed by atoms with Crippen LogP contribution in [0.25, 0.3) is 0 Å². The lowest BCUT2D eigenvalue weighted by Gasteiger charge is -2.25. The van der Waals surface area contributed by atoms with Gasteiger partial charge >= 0.3 is 0 Å². The number of carbonyl (C=O) groups is 2. The average molecular weight is 419 g/mol. The predicted octanol–water partition coefficient (Wildman–Crippen LogP) is 4.30. The molecule has 1 heterocycles. The monoisotopic (exact) mass is 418 g/mol. The molecule has 0 aromatic heterocycles. The van der Waals surface area contributed by atoms with Crippen molar-refractivity contribution in [3.05, 3.63) is 64.4 Å². The topological polar surface area (TPSA) is 58.6 Å². The summed E-state index contributed by atoms with van der Waals surface area (Å²) >= 11 is 5.81. The van der Waals surface area contributed by atoms with E-state index in [-0.39, 0.29) is 28.9 Å². The normalized spacial score (nSPS) is 16.2. The number of amides is 2. The summed E-state index contributed by atoms with van der Waals surface area (Å²) in [4.78, 5) is 26.5. The van der Waals surface area contributed by atoms with E-state index in [1.807, 2.05) is 13.8 Å². The van der Waals surface area contributed by atoms with Crippen molar-refractivity contribution in [2.24, 2.45) is 0 Å². The minimum atomic E-state index is -0.546. The molecule has 0 saturated carbocycles. The lowest BCUT2D eigenvalue weighted by Crippen LogP contribution is -2.39. The van der Waals surface area contributed by atoms with Gasteiger partial charge in [0.05, 0.1) is 11.1 Å². The van der Waals surface area contributed by atoms with Crippen LogP contribution in [0.1, 0.15) is 47.4 Å². The minimum Gasteiger partial charge on any atom is -0.491 e. The molecule has 154 valence electrons. The van der Waals surface area contributed by atoms with Gasteiger partial charge in [-0.1, -0.05) is 11.6 Å². The molecular weight excluding hydrogens is 395 g/mol. The Labute approximate surface area is 174 Å². The molecule has 0 bridgehead atoms. The SMILES string of the molecule is CC(C)NC(=O)c1ccc(OCC2CCCN2C(=O)c2ccc(F)c(Cl)c2)cc1. The second kappa shape index (κ2) is 9.27. The summed E-state index contributed by atoms with van der Waals surface area (Å²) < 4.78 is 19.2. The molecule has 7 heteroatoms. The molecule has 29 heavy (non-hydrogen) atoms. The second-order valence-electron chi connectivity index (χ2n) is 7.39. The van der Waals surface area contributed by atoms with Crippen LogP contribution in [0.4, 0.5) is 4.39 Å². The van der Waals surface area contributed by atoms with Gasteiger partial charge in [-0.15, -0.1) is 0 Å². The molecule has 1 unspecified atom stereocenters. The van der Waals surface area contributed by atoms with Crippen LogP contribution in [0.5, 0.6) is 5.75 Å². The second-order valence-corrected chi connectivity index (χ2v) is 7.79. The molecule has 1 aliphatic rings. The van der Waals surface area contributed by atoms with Crippen LogP contribution >= 0.6 is 11.6 Å². The number of hydrogen-bond acceptors (Lipinski definition) is 3. The number of nitrogens with one attached hydrogen (secondary N) is 1. The lowest BCUT2D eigenvalue weighted by atomic mass is 10.1. The van der Waals surface area contributed by atoms with E-state index in [1.165, 1.54) is 18.2 Å². The van der Waals surface area contributed by atoms with Gasteiger partial charge in [-0.25, -0.2) is 4.39 Å². The Hall–Kier alpha value is -2.60. The maximum absolute atomic E-state index is 13.4. The van der Waals surface area contributed by atoms with E-state index in [4.69, 9.17) is 16.3 Å². The molecule has 2 amide bonds. The minimum absolute atomic E-state index is 0.0653. The highest BCUT2D eigenvalue weighted by molar-refractivity contribution is 6.31. The predicted molar refractivity (Wildman–Crippen MR) is 110 cm³/mol. The third kappa shape index (κ3) is 5.26. The fourth-order valence-corrected chi connectivity index (χ4v) is 3.49. The van der Waals surface area contributed by atoms with Crippen LogP contribution in [0.3, 0.4) is 0 Å². The van der Waals surface area contributed by atoms with Crippen molar-refractivity contribution in [2.75, 3.05) is 13.2 Å². The fraction of sp³-hybridized carbons (Fsp3) is 0.364. The molecule has 1 N–H and O–H groups in total. The molecule has 1 fully saturated rings. The van der Waals surface area contributed by atoms with Gasteiger partial charge in [0.2, 0.25) is 0 Å². The van der Waals surface area contributed by atoms with E-state index < -0.39 is 5.82 Å². The van der Waals surface area contributed by atoms with Crippen LogP contribution < -0.4 is 10.1 Å². The first kappa shape index (κ1) is 21.1. The Morgan fingerprint density at radius 1 is 1.21 bits per heavy atom. The molecule has 1 aliphatic heterocycles. The Balaban J connectivity index is 1.60. The Bertz CT molecular complexity index is 886. The summed E-state index contributed by atoms with van der Waals surface area (Å²) in [6.07, 6.45) is 1.71. The maximum Gasteiger partial charge on any atom is 0.254 e. The average Bonchev–Trinajstić information content (AvgIpc) is 3.16. The lowest BCUT2D eigenvalue weighted by molar-refractivity contribution is 0.0691. The van der Waals surface area contributed by atoms with Gasteiger partial charge < -0.3 is 15.0 Å². The molecule has 1 atom stereocenters. The molecule has 0 radical (unpaired) electrons. The third-order valence-electron chi connectivity index (χ3n) is 4.78. The number of nitrogens with zero attached hydrogens (tertiary/aromatic N) is 1. The van der Waals surface area contributed by atoms with Gasteiger partial charge in [-0.05, 0) is 69.2 Å². The highest BCUT2D eigenvalue weighted by Gasteiger charge is 2.30. The molecule has 0 aliphatic carbocycles. The van der Waals surface area contributed by atoms with Gasteiger partial charge in [0.15, 0.2) is 0 Å². The Morgan fingerprint density at radius 2 is 1.90 bits per heavy atom. The number of hydrogen-bond donors (Lipinski definition) is 1. The highest BCUT2D eigenvalue weighted by atomic mass is 35.5. The first-order valence-corrected chi connectivity index (χ1v) is 10.0. The summed E-state index contributed by atoms with van der Waals surface area (Å²) in [6.45, 7) is 4.78. The summed E-state index contributed by atoms with van der Waals surface area (Å²) in [5.41, 5.74) is 0.931. The molecule has 1 saturated heterocycles. The van der Waals surface area contributed by atoms with Crippen molar-refractivity contribution in [3.8, 4) is 5.75 Å².